The average molecular weight is 251 g/mol. The molecule has 0 aliphatic rings. The third-order valence-corrected chi connectivity index (χ3v) is 16.1. The second-order valence-electron chi connectivity index (χ2n) is 4.68. The van der Waals surface area contributed by atoms with Crippen LogP contribution in [0, 0.1) is 0 Å². The van der Waals surface area contributed by atoms with Gasteiger partial charge in [-0.05, 0) is 0 Å². The Morgan fingerprint density at radius 2 is 0.750 bits per heavy atom. The van der Waals surface area contributed by atoms with Gasteiger partial charge in [0, 0.05) is 0 Å². The maximum Gasteiger partial charge on any atom is 1.00 e. The first-order valence-corrected chi connectivity index (χ1v) is 11.9. The Morgan fingerprint density at radius 3 is 0.875 bits per heavy atom. The van der Waals surface area contributed by atoms with Gasteiger partial charge in [0.25, 0.3) is 0 Å². The van der Waals surface area contributed by atoms with Gasteiger partial charge in [0.15, 0.2) is 0 Å². The van der Waals surface area contributed by atoms with E-state index in [0.29, 0.717) is 0 Å². The van der Waals surface area contributed by atoms with Crippen LogP contribution in [0.5, 0.6) is 0 Å². The van der Waals surface area contributed by atoms with Crippen LogP contribution < -0.4 is 18.9 Å². The van der Waals surface area contributed by atoms with E-state index < -0.39 is 16.5 Å². The molecule has 0 aliphatic heterocycles. The molecule has 0 unspecified atom stereocenters. The maximum atomic E-state index is 5.53. The third-order valence-electron chi connectivity index (χ3n) is 4.42. The summed E-state index contributed by atoms with van der Waals surface area (Å²) in [4.78, 5) is 0. The molecule has 0 rings (SSSR count). The molecule has 4 heteroatoms. The maximum absolute atomic E-state index is 5.53. The van der Waals surface area contributed by atoms with Crippen molar-refractivity contribution in [3.05, 3.63) is 4.65 Å². The Hall–Kier alpha value is 0.991. The predicted molar refractivity (Wildman–Crippen MR) is 77.8 cm³/mol. The molecule has 16 heavy (non-hydrogen) atoms. The van der Waals surface area contributed by atoms with E-state index in [0.717, 1.165) is 0 Å². The molecule has 0 saturated heterocycles. The molecule has 1 nitrogen and oxygen atoms in total. The molecule has 0 radical (unpaired) electrons. The van der Waals surface area contributed by atoms with Crippen LogP contribution in [-0.4, -0.2) is 16.5 Å². The van der Waals surface area contributed by atoms with Gasteiger partial charge in [-0.2, -0.15) is 0 Å². The monoisotopic (exact) mass is 251 g/mol. The first kappa shape index (κ1) is 19.3. The summed E-state index contributed by atoms with van der Waals surface area (Å²) < 4.78 is 5.53. The Balaban J connectivity index is 0. The molecule has 0 heterocycles. The minimum absolute atomic E-state index is 0. The van der Waals surface area contributed by atoms with E-state index >= 15 is 0 Å². The van der Waals surface area contributed by atoms with E-state index in [1.165, 1.54) is 36.3 Å². The molecule has 0 bridgehead atoms. The van der Waals surface area contributed by atoms with Crippen LogP contribution in [0.2, 0.25) is 36.3 Å². The largest absolute Gasteiger partial charge is 1.00 e. The van der Waals surface area contributed by atoms with E-state index in [1.807, 2.05) is 0 Å². The number of nitrogens with zero attached hydrogens (tertiary/aromatic N) is 1. The first-order chi connectivity index (χ1) is 7.07. The summed E-state index contributed by atoms with van der Waals surface area (Å²) in [5, 5.41) is 0. The van der Waals surface area contributed by atoms with Gasteiger partial charge in [0.2, 0.25) is 0 Å². The minimum Gasteiger partial charge on any atom is -0.666 e. The van der Waals surface area contributed by atoms with Crippen molar-refractivity contribution in [2.45, 2.75) is 77.8 Å². The van der Waals surface area contributed by atoms with Crippen LogP contribution in [0.15, 0.2) is 0 Å². The van der Waals surface area contributed by atoms with Crippen molar-refractivity contribution in [2.75, 3.05) is 0 Å². The van der Waals surface area contributed by atoms with E-state index in [2.05, 4.69) is 41.5 Å². The fraction of sp³-hybridized carbons (Fsp3) is 1.00. The van der Waals surface area contributed by atoms with Crippen LogP contribution in [0.4, 0.5) is 0 Å². The molecular weight excluding hydrogens is 221 g/mol. The second kappa shape index (κ2) is 8.99. The van der Waals surface area contributed by atoms with Gasteiger partial charge in [0.05, 0.1) is 0 Å². The Morgan fingerprint density at radius 1 is 0.562 bits per heavy atom. The fourth-order valence-corrected chi connectivity index (χ4v) is 13.3. The number of hydrogen-bond acceptors (Lipinski definition) is 0. The fourth-order valence-electron chi connectivity index (χ4n) is 2.48. The summed E-state index contributed by atoms with van der Waals surface area (Å²) in [6.07, 6.45) is 0. The smallest absolute Gasteiger partial charge is 0.666 e. The molecule has 0 fully saturated rings. The summed E-state index contributed by atoms with van der Waals surface area (Å²) in [6.45, 7) is 14.2. The van der Waals surface area contributed by atoms with Crippen molar-refractivity contribution in [1.82, 2.24) is 0 Å². The molecule has 92 valence electrons. The van der Waals surface area contributed by atoms with E-state index in [9.17, 15) is 0 Å². The van der Waals surface area contributed by atoms with Gasteiger partial charge in [-0.1, -0.05) is 94.3 Å². The van der Waals surface area contributed by atoms with Crippen molar-refractivity contribution in [3.8, 4) is 0 Å². The van der Waals surface area contributed by atoms with Crippen molar-refractivity contribution in [1.29, 1.82) is 0 Å². The minimum atomic E-state index is -1.23. The van der Waals surface area contributed by atoms with Gasteiger partial charge in [-0.15, -0.1) is 0 Å². The number of rotatable bonds is 8. The Kier molecular flexibility index (Phi) is 10.9. The average Bonchev–Trinajstić information content (AvgIpc) is 2.33. The predicted octanol–water partition coefficient (Wildman–Crippen LogP) is 2.37. The van der Waals surface area contributed by atoms with Crippen molar-refractivity contribution in [2.24, 2.45) is 0 Å². The molecule has 0 aliphatic carbocycles. The van der Waals surface area contributed by atoms with E-state index in [1.54, 1.807) is 0 Å². The van der Waals surface area contributed by atoms with E-state index in [4.69, 9.17) is 4.65 Å². The van der Waals surface area contributed by atoms with Crippen LogP contribution >= 0.6 is 0 Å². The van der Waals surface area contributed by atoms with Crippen LogP contribution in [0.3, 0.4) is 0 Å². The molecule has 0 N–H and O–H groups in total. The van der Waals surface area contributed by atoms with Gasteiger partial charge in [-0.3, -0.25) is 0 Å². The van der Waals surface area contributed by atoms with E-state index in [-0.39, 0.29) is 18.9 Å². The van der Waals surface area contributed by atoms with Crippen molar-refractivity contribution < 1.29 is 18.9 Å². The summed E-state index contributed by atoms with van der Waals surface area (Å²) in [5.41, 5.74) is 0. The molecule has 0 aromatic heterocycles. The van der Waals surface area contributed by atoms with Gasteiger partial charge < -0.3 is 4.65 Å². The van der Waals surface area contributed by atoms with Crippen LogP contribution in [0.25, 0.3) is 4.65 Å². The van der Waals surface area contributed by atoms with Crippen LogP contribution in [0.1, 0.15) is 41.5 Å². The molecule has 0 saturated carbocycles. The molecule has 0 spiro atoms. The quantitative estimate of drug-likeness (QED) is 0.588. The molecule has 0 aromatic carbocycles. The van der Waals surface area contributed by atoms with Crippen molar-refractivity contribution >= 4 is 16.5 Å². The third kappa shape index (κ3) is 4.70. The molecular formula is C12H30LiNSi2. The molecule has 0 amide bonds. The van der Waals surface area contributed by atoms with Crippen LogP contribution in [-0.2, 0) is 0 Å². The topological polar surface area (TPSA) is 14.1 Å². The van der Waals surface area contributed by atoms with Gasteiger partial charge in [0.1, 0.15) is 0 Å². The zero-order chi connectivity index (χ0) is 11.9. The molecule has 0 aromatic rings. The zero-order valence-electron chi connectivity index (χ0n) is 12.7. The Labute approximate surface area is 118 Å². The molecule has 0 atom stereocenters. The SMILES string of the molecule is CC[Si](CC)(CC)[N-][Si](CC)(CC)CC.[Li+]. The first-order valence-electron chi connectivity index (χ1n) is 6.81. The van der Waals surface area contributed by atoms with Gasteiger partial charge in [-0.25, -0.2) is 0 Å². The summed E-state index contributed by atoms with van der Waals surface area (Å²) in [5.74, 6) is 0. The normalized spacial score (nSPS) is 12.4. The standard InChI is InChI=1S/C12H30NSi2.Li/c1-7-14(8-2,9-3)13-15(10-4,11-5)12-6;/h7-12H2,1-6H3;/q-1;+1. The number of hydrogen-bond donors (Lipinski definition) is 0. The van der Waals surface area contributed by atoms with Gasteiger partial charge >= 0.3 is 18.9 Å². The van der Waals surface area contributed by atoms with Crippen molar-refractivity contribution in [3.63, 3.8) is 0 Å². The summed E-state index contributed by atoms with van der Waals surface area (Å²) in [7, 11) is -2.46. The summed E-state index contributed by atoms with van der Waals surface area (Å²) in [6, 6.07) is 8.14. The Bertz CT molecular complexity index is 134. The zero-order valence-corrected chi connectivity index (χ0v) is 14.7. The second-order valence-corrected chi connectivity index (χ2v) is 14.7. The summed E-state index contributed by atoms with van der Waals surface area (Å²) >= 11 is 0.